The second kappa shape index (κ2) is 6.43. The summed E-state index contributed by atoms with van der Waals surface area (Å²) in [6, 6.07) is 9.65. The molecule has 2 aliphatic rings. The Labute approximate surface area is 174 Å². The quantitative estimate of drug-likeness (QED) is 0.690. The average molecular weight is 414 g/mol. The molecule has 1 aromatic heterocycles. The lowest BCUT2D eigenvalue weighted by Gasteiger charge is -2.65. The number of benzene rings is 1. The Bertz CT molecular complexity index is 1040. The summed E-state index contributed by atoms with van der Waals surface area (Å²) in [6.45, 7) is 8.53. The maximum atomic E-state index is 13.5. The summed E-state index contributed by atoms with van der Waals surface area (Å²) in [7, 11) is 0. The van der Waals surface area contributed by atoms with Crippen LogP contribution in [0.2, 0.25) is 5.02 Å². The SMILES string of the molecule is CC1(C)C(Oc2ccc(C#N)c(Cl)c2)C(C)(C)C1N1Cc2nc(F)ccc2C1=O. The van der Waals surface area contributed by atoms with Gasteiger partial charge in [-0.1, -0.05) is 39.3 Å². The highest BCUT2D eigenvalue weighted by Crippen LogP contribution is 2.59. The van der Waals surface area contributed by atoms with Crippen LogP contribution in [-0.2, 0) is 6.54 Å². The van der Waals surface area contributed by atoms with E-state index in [0.717, 1.165) is 0 Å². The summed E-state index contributed by atoms with van der Waals surface area (Å²) >= 11 is 6.14. The average Bonchev–Trinajstić information content (AvgIpc) is 2.94. The number of ether oxygens (including phenoxy) is 1. The van der Waals surface area contributed by atoms with Crippen LogP contribution in [0.1, 0.15) is 49.3 Å². The third kappa shape index (κ3) is 2.87. The molecule has 1 aliphatic carbocycles. The molecule has 0 saturated heterocycles. The van der Waals surface area contributed by atoms with Gasteiger partial charge in [-0.2, -0.15) is 9.65 Å². The normalized spacial score (nSPS) is 23.9. The summed E-state index contributed by atoms with van der Waals surface area (Å²) in [4.78, 5) is 18.7. The van der Waals surface area contributed by atoms with Crippen LogP contribution in [0.3, 0.4) is 0 Å². The van der Waals surface area contributed by atoms with Gasteiger partial charge in [0.2, 0.25) is 5.95 Å². The van der Waals surface area contributed by atoms with E-state index in [1.807, 2.05) is 6.07 Å². The molecule has 0 spiro atoms. The number of halogens is 2. The zero-order valence-electron chi connectivity index (χ0n) is 16.7. The molecule has 1 saturated carbocycles. The van der Waals surface area contributed by atoms with Crippen LogP contribution < -0.4 is 4.74 Å². The van der Waals surface area contributed by atoms with E-state index in [9.17, 15) is 9.18 Å². The van der Waals surface area contributed by atoms with Gasteiger partial charge in [0.15, 0.2) is 0 Å². The number of nitriles is 1. The Morgan fingerprint density at radius 1 is 1.24 bits per heavy atom. The second-order valence-electron chi connectivity index (χ2n) is 8.86. The van der Waals surface area contributed by atoms with Gasteiger partial charge >= 0.3 is 0 Å². The first-order valence-electron chi connectivity index (χ1n) is 9.40. The molecule has 0 unspecified atom stereocenters. The van der Waals surface area contributed by atoms with Gasteiger partial charge in [-0.05, 0) is 24.3 Å². The van der Waals surface area contributed by atoms with Gasteiger partial charge in [0.05, 0.1) is 28.4 Å². The van der Waals surface area contributed by atoms with Crippen molar-refractivity contribution >= 4 is 17.5 Å². The van der Waals surface area contributed by atoms with Crippen molar-refractivity contribution in [3.8, 4) is 11.8 Å². The van der Waals surface area contributed by atoms with Crippen molar-refractivity contribution in [1.29, 1.82) is 5.26 Å². The van der Waals surface area contributed by atoms with Crippen LogP contribution in [0.25, 0.3) is 0 Å². The molecular weight excluding hydrogens is 393 g/mol. The number of aromatic nitrogens is 1. The van der Waals surface area contributed by atoms with E-state index in [1.165, 1.54) is 12.1 Å². The molecular formula is C22H21ClFN3O2. The Balaban J connectivity index is 1.60. The molecule has 7 heteroatoms. The molecule has 1 aliphatic heterocycles. The lowest BCUT2D eigenvalue weighted by atomic mass is 9.49. The number of amides is 1. The van der Waals surface area contributed by atoms with Gasteiger partial charge in [0.1, 0.15) is 17.9 Å². The number of fused-ring (bicyclic) bond motifs is 1. The fourth-order valence-electron chi connectivity index (χ4n) is 5.40. The summed E-state index contributed by atoms with van der Waals surface area (Å²) < 4.78 is 19.8. The van der Waals surface area contributed by atoms with Crippen molar-refractivity contribution in [2.24, 2.45) is 10.8 Å². The van der Waals surface area contributed by atoms with E-state index in [1.54, 1.807) is 23.1 Å². The third-order valence-electron chi connectivity index (χ3n) is 6.14. The molecule has 1 aromatic carbocycles. The van der Waals surface area contributed by atoms with Crippen molar-refractivity contribution in [1.82, 2.24) is 9.88 Å². The monoisotopic (exact) mass is 413 g/mol. The topological polar surface area (TPSA) is 66.2 Å². The van der Waals surface area contributed by atoms with Gasteiger partial charge in [0, 0.05) is 22.9 Å². The van der Waals surface area contributed by atoms with Gasteiger partial charge in [-0.25, -0.2) is 4.98 Å². The summed E-state index contributed by atoms with van der Waals surface area (Å²) in [5.74, 6) is -0.124. The maximum absolute atomic E-state index is 13.5. The van der Waals surface area contributed by atoms with Gasteiger partial charge in [-0.3, -0.25) is 4.79 Å². The molecule has 0 N–H and O–H groups in total. The van der Waals surface area contributed by atoms with E-state index in [-0.39, 0.29) is 28.9 Å². The smallest absolute Gasteiger partial charge is 0.256 e. The summed E-state index contributed by atoms with van der Waals surface area (Å²) in [5, 5.41) is 9.39. The Morgan fingerprint density at radius 3 is 2.55 bits per heavy atom. The first kappa shape index (κ1) is 19.7. The zero-order valence-corrected chi connectivity index (χ0v) is 17.4. The number of carbonyl (C=O) groups excluding carboxylic acids is 1. The molecule has 2 aromatic rings. The van der Waals surface area contributed by atoms with Gasteiger partial charge in [0.25, 0.3) is 5.91 Å². The summed E-state index contributed by atoms with van der Waals surface area (Å²) in [5.41, 5.74) is 0.607. The van der Waals surface area contributed by atoms with E-state index in [2.05, 4.69) is 32.7 Å². The van der Waals surface area contributed by atoms with Crippen molar-refractivity contribution in [3.05, 3.63) is 58.1 Å². The first-order chi connectivity index (χ1) is 13.6. The highest BCUT2D eigenvalue weighted by Gasteiger charge is 2.67. The molecule has 4 rings (SSSR count). The molecule has 2 heterocycles. The van der Waals surface area contributed by atoms with Crippen LogP contribution in [-0.4, -0.2) is 27.9 Å². The zero-order chi connectivity index (χ0) is 21.1. The lowest BCUT2D eigenvalue weighted by Crippen LogP contribution is -2.74. The fourth-order valence-corrected chi connectivity index (χ4v) is 5.61. The molecule has 0 radical (unpaired) electrons. The van der Waals surface area contributed by atoms with Crippen LogP contribution in [0, 0.1) is 28.1 Å². The van der Waals surface area contributed by atoms with Crippen LogP contribution in [0.4, 0.5) is 4.39 Å². The number of pyridine rings is 1. The molecule has 150 valence electrons. The predicted molar refractivity (Wildman–Crippen MR) is 106 cm³/mol. The van der Waals surface area contributed by atoms with E-state index in [4.69, 9.17) is 21.6 Å². The van der Waals surface area contributed by atoms with Crippen LogP contribution in [0.5, 0.6) is 5.75 Å². The Morgan fingerprint density at radius 2 is 1.93 bits per heavy atom. The number of nitrogens with zero attached hydrogens (tertiary/aromatic N) is 3. The predicted octanol–water partition coefficient (Wildman–Crippen LogP) is 4.58. The molecule has 5 nitrogen and oxygen atoms in total. The number of rotatable bonds is 3. The third-order valence-corrected chi connectivity index (χ3v) is 6.45. The molecule has 1 amide bonds. The second-order valence-corrected chi connectivity index (χ2v) is 9.27. The fraction of sp³-hybridized carbons (Fsp3) is 0.409. The molecule has 0 atom stereocenters. The number of carbonyl (C=O) groups is 1. The van der Waals surface area contributed by atoms with Crippen LogP contribution >= 0.6 is 11.6 Å². The largest absolute Gasteiger partial charge is 0.489 e. The van der Waals surface area contributed by atoms with Gasteiger partial charge < -0.3 is 9.64 Å². The highest BCUT2D eigenvalue weighted by molar-refractivity contribution is 6.31. The number of hydrogen-bond donors (Lipinski definition) is 0. The minimum absolute atomic E-state index is 0.112. The molecule has 0 bridgehead atoms. The molecule has 29 heavy (non-hydrogen) atoms. The van der Waals surface area contributed by atoms with Crippen molar-refractivity contribution < 1.29 is 13.9 Å². The molecule has 1 fully saturated rings. The van der Waals surface area contributed by atoms with E-state index < -0.39 is 5.95 Å². The standard InChI is InChI=1S/C22H21ClFN3O2/c1-21(2)19(27-11-16-14(18(27)28)7-8-17(24)26-16)22(3,4)20(21)29-13-6-5-12(10-25)15(23)9-13/h5-9,19-20H,11H2,1-4H3. The van der Waals surface area contributed by atoms with E-state index >= 15 is 0 Å². The van der Waals surface area contributed by atoms with Crippen molar-refractivity contribution in [2.45, 2.75) is 46.4 Å². The first-order valence-corrected chi connectivity index (χ1v) is 9.78. The highest BCUT2D eigenvalue weighted by atomic mass is 35.5. The van der Waals surface area contributed by atoms with Crippen LogP contribution in [0.15, 0.2) is 30.3 Å². The Kier molecular flexibility index (Phi) is 4.36. The minimum atomic E-state index is -0.579. The minimum Gasteiger partial charge on any atom is -0.489 e. The van der Waals surface area contributed by atoms with Crippen molar-refractivity contribution in [2.75, 3.05) is 0 Å². The maximum Gasteiger partial charge on any atom is 0.256 e. The van der Waals surface area contributed by atoms with E-state index in [0.29, 0.717) is 34.1 Å². The van der Waals surface area contributed by atoms with Gasteiger partial charge in [-0.15, -0.1) is 0 Å². The van der Waals surface area contributed by atoms with Crippen molar-refractivity contribution in [3.63, 3.8) is 0 Å². The lowest BCUT2D eigenvalue weighted by molar-refractivity contribution is -0.199. The Hall–Kier alpha value is -2.65. The summed E-state index contributed by atoms with van der Waals surface area (Å²) in [6.07, 6.45) is -0.190. The number of hydrogen-bond acceptors (Lipinski definition) is 4.